The van der Waals surface area contributed by atoms with Gasteiger partial charge in [-0.15, -0.1) is 5.10 Å². The average molecular weight is 303 g/mol. The monoisotopic (exact) mass is 303 g/mol. The lowest BCUT2D eigenvalue weighted by atomic mass is 9.99. The number of hydrogen-bond acceptors (Lipinski definition) is 6. The smallest absolute Gasteiger partial charge is 0.255 e. The Hall–Kier alpha value is -2.58. The second-order valence-electron chi connectivity index (χ2n) is 5.38. The highest BCUT2D eigenvalue weighted by Crippen LogP contribution is 2.18. The number of aromatic amines is 1. The van der Waals surface area contributed by atoms with Gasteiger partial charge in [0.05, 0.1) is 5.56 Å². The summed E-state index contributed by atoms with van der Waals surface area (Å²) in [5.41, 5.74) is 0.232. The number of nitrogens with one attached hydrogen (secondary N) is 2. The molecule has 1 amide bonds. The third kappa shape index (κ3) is 3.02. The Bertz CT molecular complexity index is 713. The van der Waals surface area contributed by atoms with Crippen molar-refractivity contribution in [2.45, 2.75) is 39.3 Å². The average Bonchev–Trinajstić information content (AvgIpc) is 2.85. The van der Waals surface area contributed by atoms with Crippen molar-refractivity contribution in [2.75, 3.05) is 0 Å². The minimum absolute atomic E-state index is 0.0568. The van der Waals surface area contributed by atoms with E-state index in [1.807, 2.05) is 0 Å². The summed E-state index contributed by atoms with van der Waals surface area (Å²) in [7, 11) is 0. The number of nitrogens with zero attached hydrogens (tertiary/aromatic N) is 5. The molecular formula is C13H17N7O2. The van der Waals surface area contributed by atoms with Crippen LogP contribution in [0, 0.1) is 12.8 Å². The van der Waals surface area contributed by atoms with E-state index in [1.165, 1.54) is 6.20 Å². The van der Waals surface area contributed by atoms with Crippen molar-refractivity contribution in [3.63, 3.8) is 0 Å². The molecule has 0 bridgehead atoms. The largest absolute Gasteiger partial charge is 0.352 e. The van der Waals surface area contributed by atoms with Crippen molar-refractivity contribution in [2.24, 2.45) is 5.92 Å². The molecule has 2 aromatic rings. The van der Waals surface area contributed by atoms with Gasteiger partial charge in [-0.05, 0) is 30.2 Å². The van der Waals surface area contributed by atoms with Crippen LogP contribution in [0.3, 0.4) is 0 Å². The molecule has 1 aliphatic heterocycles. The highest BCUT2D eigenvalue weighted by atomic mass is 16.2. The van der Waals surface area contributed by atoms with E-state index in [2.05, 4.69) is 30.8 Å². The first-order valence-corrected chi connectivity index (χ1v) is 7.21. The van der Waals surface area contributed by atoms with Crippen LogP contribution in [0.4, 0.5) is 0 Å². The number of hydrogen-bond donors (Lipinski definition) is 2. The van der Waals surface area contributed by atoms with Gasteiger partial charge < -0.3 is 10.3 Å². The topological polar surface area (TPSA) is 118 Å². The lowest BCUT2D eigenvalue weighted by molar-refractivity contribution is -0.125. The first kappa shape index (κ1) is 14.4. The Balaban J connectivity index is 1.58. The summed E-state index contributed by atoms with van der Waals surface area (Å²) in [5.74, 6) is 1.20. The predicted molar refractivity (Wildman–Crippen MR) is 75.7 cm³/mol. The molecule has 3 heterocycles. The van der Waals surface area contributed by atoms with E-state index in [9.17, 15) is 9.59 Å². The fraction of sp³-hybridized carbons (Fsp3) is 0.538. The number of carbonyl (C=O) groups is 1. The van der Waals surface area contributed by atoms with E-state index in [-0.39, 0.29) is 23.9 Å². The van der Waals surface area contributed by atoms with Crippen LogP contribution in [0.1, 0.15) is 30.1 Å². The maximum atomic E-state index is 12.3. The summed E-state index contributed by atoms with van der Waals surface area (Å²) >= 11 is 0. The van der Waals surface area contributed by atoms with E-state index < -0.39 is 0 Å². The standard InChI is InChI=1S/C13H17N7O2/c1-8-14-6-10(13(22)16-8)7-15-12(21)9-2-3-11-17-18-19-20(11)5-4-9/h6,9H,2-5,7H2,1H3,(H,15,21)(H,14,16,22). The van der Waals surface area contributed by atoms with Crippen LogP contribution in [0.2, 0.25) is 0 Å². The summed E-state index contributed by atoms with van der Waals surface area (Å²) in [6.45, 7) is 2.52. The van der Waals surface area contributed by atoms with Gasteiger partial charge in [0.15, 0.2) is 5.82 Å². The maximum absolute atomic E-state index is 12.3. The Kier molecular flexibility index (Phi) is 3.94. The molecular weight excluding hydrogens is 286 g/mol. The van der Waals surface area contributed by atoms with Crippen molar-refractivity contribution in [1.29, 1.82) is 0 Å². The Morgan fingerprint density at radius 3 is 3.18 bits per heavy atom. The molecule has 0 spiro atoms. The van der Waals surface area contributed by atoms with Gasteiger partial charge in [0.1, 0.15) is 5.82 Å². The molecule has 116 valence electrons. The Labute approximate surface area is 126 Å². The second kappa shape index (κ2) is 6.04. The van der Waals surface area contributed by atoms with Gasteiger partial charge in [-0.3, -0.25) is 9.59 Å². The summed E-state index contributed by atoms with van der Waals surface area (Å²) in [5, 5.41) is 14.3. The van der Waals surface area contributed by atoms with E-state index in [1.54, 1.807) is 11.6 Å². The third-order valence-electron chi connectivity index (χ3n) is 3.84. The van der Waals surface area contributed by atoms with E-state index in [4.69, 9.17) is 0 Å². The van der Waals surface area contributed by atoms with Crippen LogP contribution in [0.25, 0.3) is 0 Å². The summed E-state index contributed by atoms with van der Waals surface area (Å²) in [6, 6.07) is 0. The van der Waals surface area contributed by atoms with Crippen LogP contribution < -0.4 is 10.9 Å². The molecule has 0 aliphatic carbocycles. The molecule has 1 unspecified atom stereocenters. The molecule has 1 aliphatic rings. The zero-order chi connectivity index (χ0) is 15.5. The van der Waals surface area contributed by atoms with Crippen LogP contribution in [-0.2, 0) is 24.3 Å². The molecule has 0 fully saturated rings. The summed E-state index contributed by atoms with van der Waals surface area (Å²) in [6.07, 6.45) is 3.56. The van der Waals surface area contributed by atoms with Crippen LogP contribution in [0.15, 0.2) is 11.0 Å². The van der Waals surface area contributed by atoms with Crippen molar-refractivity contribution in [1.82, 2.24) is 35.5 Å². The molecule has 22 heavy (non-hydrogen) atoms. The fourth-order valence-corrected chi connectivity index (χ4v) is 2.53. The minimum Gasteiger partial charge on any atom is -0.352 e. The van der Waals surface area contributed by atoms with Crippen LogP contribution in [0.5, 0.6) is 0 Å². The number of rotatable bonds is 3. The molecule has 9 nitrogen and oxygen atoms in total. The van der Waals surface area contributed by atoms with Crippen molar-refractivity contribution < 1.29 is 4.79 Å². The molecule has 2 aromatic heterocycles. The Morgan fingerprint density at radius 2 is 2.36 bits per heavy atom. The number of H-pyrrole nitrogens is 1. The molecule has 3 rings (SSSR count). The van der Waals surface area contributed by atoms with Crippen molar-refractivity contribution in [3.05, 3.63) is 33.8 Å². The van der Waals surface area contributed by atoms with Gasteiger partial charge in [-0.1, -0.05) is 0 Å². The number of aromatic nitrogens is 6. The van der Waals surface area contributed by atoms with E-state index in [0.29, 0.717) is 37.2 Å². The quantitative estimate of drug-likeness (QED) is 0.776. The number of tetrazole rings is 1. The molecule has 1 atom stereocenters. The molecule has 0 saturated heterocycles. The molecule has 0 saturated carbocycles. The zero-order valence-corrected chi connectivity index (χ0v) is 12.2. The van der Waals surface area contributed by atoms with Gasteiger partial charge >= 0.3 is 0 Å². The number of carbonyl (C=O) groups excluding carboxylic acids is 1. The Morgan fingerprint density at radius 1 is 1.50 bits per heavy atom. The number of fused-ring (bicyclic) bond motifs is 1. The van der Waals surface area contributed by atoms with E-state index in [0.717, 1.165) is 5.82 Å². The second-order valence-corrected chi connectivity index (χ2v) is 5.38. The predicted octanol–water partition coefficient (Wildman–Crippen LogP) is -0.666. The lowest BCUT2D eigenvalue weighted by Gasteiger charge is -2.13. The van der Waals surface area contributed by atoms with Gasteiger partial charge in [0.2, 0.25) is 5.91 Å². The minimum atomic E-state index is -0.218. The van der Waals surface area contributed by atoms with Gasteiger partial charge in [-0.25, -0.2) is 9.67 Å². The fourth-order valence-electron chi connectivity index (χ4n) is 2.53. The third-order valence-corrected chi connectivity index (χ3v) is 3.84. The van der Waals surface area contributed by atoms with Crippen molar-refractivity contribution >= 4 is 5.91 Å². The number of amides is 1. The maximum Gasteiger partial charge on any atom is 0.255 e. The zero-order valence-electron chi connectivity index (χ0n) is 12.2. The molecule has 0 aromatic carbocycles. The highest BCUT2D eigenvalue weighted by molar-refractivity contribution is 5.78. The van der Waals surface area contributed by atoms with E-state index >= 15 is 0 Å². The first-order valence-electron chi connectivity index (χ1n) is 7.21. The molecule has 2 N–H and O–H groups in total. The first-order chi connectivity index (χ1) is 10.6. The van der Waals surface area contributed by atoms with Gasteiger partial charge in [0.25, 0.3) is 5.56 Å². The normalized spacial score (nSPS) is 17.6. The molecule has 0 radical (unpaired) electrons. The molecule has 9 heteroatoms. The van der Waals surface area contributed by atoms with Gasteiger partial charge in [0, 0.05) is 31.6 Å². The SMILES string of the molecule is Cc1ncc(CNC(=O)C2CCc3nnnn3CC2)c(=O)[nH]1. The van der Waals surface area contributed by atoms with Crippen molar-refractivity contribution in [3.8, 4) is 0 Å². The van der Waals surface area contributed by atoms with Gasteiger partial charge in [-0.2, -0.15) is 0 Å². The van der Waals surface area contributed by atoms with Crippen LogP contribution in [-0.4, -0.2) is 36.1 Å². The summed E-state index contributed by atoms with van der Waals surface area (Å²) in [4.78, 5) is 30.6. The lowest BCUT2D eigenvalue weighted by Crippen LogP contribution is -2.32. The highest BCUT2D eigenvalue weighted by Gasteiger charge is 2.23. The van der Waals surface area contributed by atoms with Crippen LogP contribution >= 0.6 is 0 Å². The summed E-state index contributed by atoms with van der Waals surface area (Å²) < 4.78 is 1.74. The number of aryl methyl sites for hydroxylation is 3.